The Balaban J connectivity index is 3.15. The zero-order valence-electron chi connectivity index (χ0n) is 8.42. The Kier molecular flexibility index (Phi) is 3.13. The van der Waals surface area contributed by atoms with E-state index in [0.717, 1.165) is 11.3 Å². The van der Waals surface area contributed by atoms with Crippen molar-refractivity contribution in [1.29, 1.82) is 0 Å². The zero-order chi connectivity index (χ0) is 9.84. The first-order valence-electron chi connectivity index (χ1n) is 4.40. The van der Waals surface area contributed by atoms with Crippen LogP contribution in [0.2, 0.25) is 0 Å². The van der Waals surface area contributed by atoms with Crippen molar-refractivity contribution >= 4 is 0 Å². The van der Waals surface area contributed by atoms with Gasteiger partial charge in [0.15, 0.2) is 0 Å². The topological polar surface area (TPSA) is 9.23 Å². The minimum Gasteiger partial charge on any atom is -0.496 e. The molecule has 1 rings (SSSR count). The van der Waals surface area contributed by atoms with Gasteiger partial charge in [-0.2, -0.15) is 0 Å². The third-order valence-corrected chi connectivity index (χ3v) is 2.06. The van der Waals surface area contributed by atoms with E-state index in [9.17, 15) is 0 Å². The summed E-state index contributed by atoms with van der Waals surface area (Å²) in [6.45, 7) is 7.90. The largest absolute Gasteiger partial charge is 0.496 e. The molecule has 0 aliphatic carbocycles. The molecule has 0 unspecified atom stereocenters. The molecule has 1 heteroatoms. The van der Waals surface area contributed by atoms with Crippen molar-refractivity contribution in [2.24, 2.45) is 0 Å². The summed E-state index contributed by atoms with van der Waals surface area (Å²) < 4.78 is 5.28. The lowest BCUT2D eigenvalue weighted by Crippen LogP contribution is -1.94. The van der Waals surface area contributed by atoms with Gasteiger partial charge in [0.2, 0.25) is 0 Å². The number of hydrogen-bond donors (Lipinski definition) is 0. The number of methoxy groups -OCH3 is 1. The second-order valence-electron chi connectivity index (χ2n) is 3.29. The van der Waals surface area contributed by atoms with Crippen molar-refractivity contribution in [2.75, 3.05) is 7.11 Å². The molecule has 0 saturated carbocycles. The minimum atomic E-state index is 0.480. The fourth-order valence-corrected chi connectivity index (χ4v) is 1.30. The summed E-state index contributed by atoms with van der Waals surface area (Å²) in [5.41, 5.74) is 2.20. The maximum atomic E-state index is 5.28. The van der Waals surface area contributed by atoms with Crippen molar-refractivity contribution in [3.63, 3.8) is 0 Å². The second-order valence-corrected chi connectivity index (χ2v) is 3.29. The average Bonchev–Trinajstić information content (AvgIpc) is 2.16. The van der Waals surface area contributed by atoms with E-state index in [2.05, 4.69) is 32.6 Å². The summed E-state index contributed by atoms with van der Waals surface area (Å²) in [6, 6.07) is 6.03. The van der Waals surface area contributed by atoms with Gasteiger partial charge in [-0.3, -0.25) is 0 Å². The van der Waals surface area contributed by atoms with Gasteiger partial charge in [0.1, 0.15) is 5.75 Å². The molecule has 0 N–H and O–H groups in total. The smallest absolute Gasteiger partial charge is 0.122 e. The van der Waals surface area contributed by atoms with Gasteiger partial charge in [-0.25, -0.2) is 0 Å². The normalized spacial score (nSPS) is 10.2. The second kappa shape index (κ2) is 4.13. The molecule has 1 nitrogen and oxygen atoms in total. The van der Waals surface area contributed by atoms with E-state index < -0.39 is 0 Å². The molecular formula is C12H15O. The Labute approximate surface area is 80.0 Å². The molecule has 0 saturated heterocycles. The van der Waals surface area contributed by atoms with Crippen LogP contribution in [-0.4, -0.2) is 7.11 Å². The van der Waals surface area contributed by atoms with Crippen LogP contribution in [0.1, 0.15) is 30.9 Å². The number of benzene rings is 1. The third-order valence-electron chi connectivity index (χ3n) is 2.06. The maximum absolute atomic E-state index is 5.28. The molecule has 0 aliphatic rings. The highest BCUT2D eigenvalue weighted by Gasteiger charge is 2.06. The van der Waals surface area contributed by atoms with Crippen molar-refractivity contribution in [1.82, 2.24) is 0 Å². The molecule has 13 heavy (non-hydrogen) atoms. The van der Waals surface area contributed by atoms with Crippen LogP contribution in [0.15, 0.2) is 24.8 Å². The van der Waals surface area contributed by atoms with E-state index in [1.165, 1.54) is 5.56 Å². The lowest BCUT2D eigenvalue weighted by Gasteiger charge is -2.11. The van der Waals surface area contributed by atoms with Gasteiger partial charge in [-0.1, -0.05) is 32.6 Å². The Hall–Kier alpha value is -1.24. The summed E-state index contributed by atoms with van der Waals surface area (Å²) in [5.74, 6) is 1.40. The Morgan fingerprint density at radius 3 is 2.54 bits per heavy atom. The summed E-state index contributed by atoms with van der Waals surface area (Å²) in [6.07, 6.45) is 2.84. The third kappa shape index (κ3) is 2.11. The summed E-state index contributed by atoms with van der Waals surface area (Å²) in [7, 11) is 1.69. The molecule has 0 aromatic heterocycles. The number of hydrogen-bond acceptors (Lipinski definition) is 1. The Bertz CT molecular complexity index is 300. The SMILES string of the molecule is C=[C]c1ccc(C(C)C)c(OC)c1. The molecule has 69 valence electrons. The molecule has 0 bridgehead atoms. The highest BCUT2D eigenvalue weighted by molar-refractivity contribution is 5.41. The molecule has 0 amide bonds. The molecule has 1 aromatic rings. The van der Waals surface area contributed by atoms with E-state index in [1.54, 1.807) is 7.11 Å². The van der Waals surface area contributed by atoms with E-state index in [-0.39, 0.29) is 0 Å². The van der Waals surface area contributed by atoms with Crippen LogP contribution in [0.5, 0.6) is 5.75 Å². The summed E-state index contributed by atoms with van der Waals surface area (Å²) in [4.78, 5) is 0. The molecule has 0 aliphatic heterocycles. The van der Waals surface area contributed by atoms with Gasteiger partial charge >= 0.3 is 0 Å². The van der Waals surface area contributed by atoms with Crippen LogP contribution in [0.3, 0.4) is 0 Å². The first-order valence-corrected chi connectivity index (χ1v) is 4.40. The quantitative estimate of drug-likeness (QED) is 0.685. The molecule has 1 aromatic carbocycles. The maximum Gasteiger partial charge on any atom is 0.122 e. The van der Waals surface area contributed by atoms with Crippen LogP contribution >= 0.6 is 0 Å². The average molecular weight is 175 g/mol. The van der Waals surface area contributed by atoms with Gasteiger partial charge < -0.3 is 4.74 Å². The monoisotopic (exact) mass is 175 g/mol. The lowest BCUT2D eigenvalue weighted by atomic mass is 10.0. The van der Waals surface area contributed by atoms with Crippen LogP contribution in [0, 0.1) is 6.08 Å². The van der Waals surface area contributed by atoms with Crippen molar-refractivity contribution < 1.29 is 4.74 Å². The highest BCUT2D eigenvalue weighted by Crippen LogP contribution is 2.27. The van der Waals surface area contributed by atoms with Crippen molar-refractivity contribution in [3.05, 3.63) is 42.0 Å². The molecule has 0 spiro atoms. The Morgan fingerprint density at radius 1 is 1.38 bits per heavy atom. The fraction of sp³-hybridized carbons (Fsp3) is 0.333. The zero-order valence-corrected chi connectivity index (χ0v) is 8.42. The minimum absolute atomic E-state index is 0.480. The predicted molar refractivity (Wildman–Crippen MR) is 55.1 cm³/mol. The number of rotatable bonds is 3. The van der Waals surface area contributed by atoms with E-state index in [1.807, 2.05) is 12.1 Å². The summed E-state index contributed by atoms with van der Waals surface area (Å²) in [5, 5.41) is 0. The van der Waals surface area contributed by atoms with Gasteiger partial charge in [-0.05, 0) is 29.2 Å². The van der Waals surface area contributed by atoms with Gasteiger partial charge in [0.05, 0.1) is 7.11 Å². The predicted octanol–water partition coefficient (Wildman–Crippen LogP) is 3.16. The number of ether oxygens (including phenoxy) is 1. The first kappa shape index (κ1) is 9.85. The van der Waals surface area contributed by atoms with E-state index in [4.69, 9.17) is 4.74 Å². The summed E-state index contributed by atoms with van der Waals surface area (Å²) >= 11 is 0. The van der Waals surface area contributed by atoms with Crippen LogP contribution in [0.4, 0.5) is 0 Å². The Morgan fingerprint density at radius 2 is 2.08 bits per heavy atom. The van der Waals surface area contributed by atoms with E-state index >= 15 is 0 Å². The molecule has 0 atom stereocenters. The molecule has 0 heterocycles. The standard InChI is InChI=1S/C12H15O/c1-5-10-6-7-11(9(2)3)12(8-10)13-4/h6-9H,1H2,2-4H3. The van der Waals surface area contributed by atoms with Crippen LogP contribution < -0.4 is 4.74 Å². The van der Waals surface area contributed by atoms with Gasteiger partial charge in [0.25, 0.3) is 0 Å². The first-order chi connectivity index (χ1) is 6.19. The highest BCUT2D eigenvalue weighted by atomic mass is 16.5. The lowest BCUT2D eigenvalue weighted by molar-refractivity contribution is 0.407. The fourth-order valence-electron chi connectivity index (χ4n) is 1.30. The molecule has 1 radical (unpaired) electrons. The molecular weight excluding hydrogens is 160 g/mol. The van der Waals surface area contributed by atoms with Crippen molar-refractivity contribution in [3.8, 4) is 5.75 Å². The van der Waals surface area contributed by atoms with E-state index in [0.29, 0.717) is 5.92 Å². The molecule has 0 fully saturated rings. The van der Waals surface area contributed by atoms with Crippen molar-refractivity contribution in [2.45, 2.75) is 19.8 Å². The van der Waals surface area contributed by atoms with Crippen LogP contribution in [0.25, 0.3) is 0 Å². The van der Waals surface area contributed by atoms with Crippen LogP contribution in [-0.2, 0) is 0 Å². The van der Waals surface area contributed by atoms with Gasteiger partial charge in [-0.15, -0.1) is 0 Å². The van der Waals surface area contributed by atoms with Gasteiger partial charge in [0, 0.05) is 0 Å².